The molecule has 0 unspecified atom stereocenters. The van der Waals surface area contributed by atoms with E-state index in [2.05, 4.69) is 5.32 Å². The minimum absolute atomic E-state index is 0.0567. The summed E-state index contributed by atoms with van der Waals surface area (Å²) in [4.78, 5) is 12.3. The highest BCUT2D eigenvalue weighted by Gasteiger charge is 2.21. The molecule has 0 aliphatic heterocycles. The zero-order valence-electron chi connectivity index (χ0n) is 15.2. The topological polar surface area (TPSA) is 66.5 Å². The highest BCUT2D eigenvalue weighted by Crippen LogP contribution is 2.23. The lowest BCUT2D eigenvalue weighted by atomic mass is 10.1. The van der Waals surface area contributed by atoms with Gasteiger partial charge in [-0.1, -0.05) is 36.4 Å². The molecular weight excluding hydrogens is 379 g/mol. The van der Waals surface area contributed by atoms with Crippen molar-refractivity contribution in [3.05, 3.63) is 90.2 Å². The first kappa shape index (κ1) is 19.6. The molecule has 0 heterocycles. The van der Waals surface area contributed by atoms with E-state index >= 15 is 0 Å². The van der Waals surface area contributed by atoms with Gasteiger partial charge >= 0.3 is 0 Å². The second kappa shape index (κ2) is 8.22. The summed E-state index contributed by atoms with van der Waals surface area (Å²) in [5.74, 6) is -0.692. The van der Waals surface area contributed by atoms with Gasteiger partial charge in [-0.3, -0.25) is 9.10 Å². The molecule has 1 amide bonds. The average Bonchev–Trinajstić information content (AvgIpc) is 2.70. The van der Waals surface area contributed by atoms with E-state index in [1.54, 1.807) is 42.5 Å². The van der Waals surface area contributed by atoms with E-state index in [1.807, 2.05) is 0 Å². The Morgan fingerprint density at radius 3 is 2.32 bits per heavy atom. The van der Waals surface area contributed by atoms with Crippen molar-refractivity contribution in [3.8, 4) is 0 Å². The third kappa shape index (κ3) is 4.55. The Morgan fingerprint density at radius 1 is 0.964 bits per heavy atom. The third-order valence-electron chi connectivity index (χ3n) is 4.17. The van der Waals surface area contributed by atoms with Crippen LogP contribution in [0.5, 0.6) is 0 Å². The van der Waals surface area contributed by atoms with E-state index in [9.17, 15) is 17.6 Å². The second-order valence-electron chi connectivity index (χ2n) is 6.19. The van der Waals surface area contributed by atoms with Crippen molar-refractivity contribution in [1.29, 1.82) is 0 Å². The van der Waals surface area contributed by atoms with Crippen LogP contribution in [0.1, 0.15) is 5.56 Å². The number of halogens is 1. The van der Waals surface area contributed by atoms with E-state index in [0.717, 1.165) is 0 Å². The van der Waals surface area contributed by atoms with Gasteiger partial charge in [0.25, 0.3) is 10.0 Å². The number of hydrogen-bond acceptors (Lipinski definition) is 3. The summed E-state index contributed by atoms with van der Waals surface area (Å²) < 4.78 is 39.9. The number of rotatable bonds is 6. The maximum atomic E-state index is 13.0. The van der Waals surface area contributed by atoms with Crippen LogP contribution < -0.4 is 9.62 Å². The van der Waals surface area contributed by atoms with E-state index in [1.165, 1.54) is 47.8 Å². The van der Waals surface area contributed by atoms with Crippen LogP contribution in [0.3, 0.4) is 0 Å². The SMILES string of the molecule is CN(c1ccccc1)S(=O)(=O)c1cccc(NC(=O)Cc2ccc(F)cc2)c1. The number of anilines is 2. The molecule has 0 spiro atoms. The van der Waals surface area contributed by atoms with Crippen LogP contribution >= 0.6 is 0 Å². The lowest BCUT2D eigenvalue weighted by Crippen LogP contribution is -2.26. The summed E-state index contributed by atoms with van der Waals surface area (Å²) in [6.45, 7) is 0. The standard InChI is InChI=1S/C21H19FN2O3S/c1-24(19-7-3-2-4-8-19)28(26,27)20-9-5-6-18(15-20)23-21(25)14-16-10-12-17(22)13-11-16/h2-13,15H,14H2,1H3,(H,23,25). The minimum Gasteiger partial charge on any atom is -0.326 e. The van der Waals surface area contributed by atoms with Gasteiger partial charge in [0.2, 0.25) is 5.91 Å². The predicted octanol–water partition coefficient (Wildman–Crippen LogP) is 3.83. The number of para-hydroxylation sites is 1. The molecule has 0 aliphatic carbocycles. The summed E-state index contributed by atoms with van der Waals surface area (Å²) >= 11 is 0. The van der Waals surface area contributed by atoms with E-state index in [4.69, 9.17) is 0 Å². The Hall–Kier alpha value is -3.19. The molecule has 3 aromatic carbocycles. The number of carbonyl (C=O) groups excluding carboxylic acids is 1. The Bertz CT molecular complexity index is 1070. The molecule has 0 saturated heterocycles. The molecule has 28 heavy (non-hydrogen) atoms. The van der Waals surface area contributed by atoms with Crippen molar-refractivity contribution in [1.82, 2.24) is 0 Å². The quantitative estimate of drug-likeness (QED) is 0.686. The lowest BCUT2D eigenvalue weighted by Gasteiger charge is -2.19. The molecule has 3 rings (SSSR count). The van der Waals surface area contributed by atoms with Crippen molar-refractivity contribution in [2.45, 2.75) is 11.3 Å². The Labute approximate surface area is 163 Å². The van der Waals surface area contributed by atoms with Gasteiger partial charge in [-0.05, 0) is 48.0 Å². The fourth-order valence-corrected chi connectivity index (χ4v) is 3.90. The van der Waals surface area contributed by atoms with Crippen LogP contribution in [0, 0.1) is 5.82 Å². The first-order chi connectivity index (χ1) is 13.4. The van der Waals surface area contributed by atoms with Crippen LogP contribution in [0.4, 0.5) is 15.8 Å². The molecule has 0 aromatic heterocycles. The number of benzene rings is 3. The minimum atomic E-state index is -3.77. The van der Waals surface area contributed by atoms with Gasteiger partial charge in [-0.25, -0.2) is 12.8 Å². The fourth-order valence-electron chi connectivity index (χ4n) is 2.66. The number of carbonyl (C=O) groups is 1. The van der Waals surface area contributed by atoms with Gasteiger partial charge < -0.3 is 5.32 Å². The molecular formula is C21H19FN2O3S. The molecule has 0 radical (unpaired) electrons. The van der Waals surface area contributed by atoms with Crippen LogP contribution in [0.2, 0.25) is 0 Å². The normalized spacial score (nSPS) is 11.1. The first-order valence-electron chi connectivity index (χ1n) is 8.54. The molecule has 1 N–H and O–H groups in total. The Balaban J connectivity index is 1.76. The summed E-state index contributed by atoms with van der Waals surface area (Å²) in [5, 5.41) is 2.68. The van der Waals surface area contributed by atoms with Gasteiger partial charge in [0.1, 0.15) is 5.82 Å². The Kier molecular flexibility index (Phi) is 5.75. The van der Waals surface area contributed by atoms with Gasteiger partial charge in [-0.15, -0.1) is 0 Å². The van der Waals surface area contributed by atoms with E-state index in [0.29, 0.717) is 16.9 Å². The Morgan fingerprint density at radius 2 is 1.64 bits per heavy atom. The average molecular weight is 398 g/mol. The maximum absolute atomic E-state index is 13.0. The van der Waals surface area contributed by atoms with Crippen LogP contribution in [-0.4, -0.2) is 21.4 Å². The summed E-state index contributed by atoms with van der Waals surface area (Å²) in [7, 11) is -2.30. The zero-order chi connectivity index (χ0) is 20.1. The molecule has 3 aromatic rings. The fraction of sp³-hybridized carbons (Fsp3) is 0.0952. The monoisotopic (exact) mass is 398 g/mol. The van der Waals surface area contributed by atoms with Crippen molar-refractivity contribution < 1.29 is 17.6 Å². The summed E-state index contributed by atoms with van der Waals surface area (Å²) in [6, 6.07) is 20.4. The van der Waals surface area contributed by atoms with Gasteiger partial charge in [-0.2, -0.15) is 0 Å². The molecule has 0 fully saturated rings. The van der Waals surface area contributed by atoms with Crippen LogP contribution in [0.15, 0.2) is 83.8 Å². The van der Waals surface area contributed by atoms with Crippen molar-refractivity contribution in [2.24, 2.45) is 0 Å². The number of nitrogens with zero attached hydrogens (tertiary/aromatic N) is 1. The molecule has 5 nitrogen and oxygen atoms in total. The smallest absolute Gasteiger partial charge is 0.264 e. The maximum Gasteiger partial charge on any atom is 0.264 e. The zero-order valence-corrected chi connectivity index (χ0v) is 16.0. The molecule has 0 aliphatic rings. The van der Waals surface area contributed by atoms with Crippen LogP contribution in [-0.2, 0) is 21.2 Å². The summed E-state index contributed by atoms with van der Waals surface area (Å²) in [6.07, 6.45) is 0.0567. The lowest BCUT2D eigenvalue weighted by molar-refractivity contribution is -0.115. The summed E-state index contributed by atoms with van der Waals surface area (Å²) in [5.41, 5.74) is 1.56. The van der Waals surface area contributed by atoms with Gasteiger partial charge in [0, 0.05) is 12.7 Å². The van der Waals surface area contributed by atoms with Crippen molar-refractivity contribution in [3.63, 3.8) is 0 Å². The van der Waals surface area contributed by atoms with Crippen molar-refractivity contribution >= 4 is 27.3 Å². The van der Waals surface area contributed by atoms with E-state index in [-0.39, 0.29) is 23.0 Å². The third-order valence-corrected chi connectivity index (χ3v) is 5.96. The second-order valence-corrected chi connectivity index (χ2v) is 8.16. The van der Waals surface area contributed by atoms with Gasteiger partial charge in [0.15, 0.2) is 0 Å². The number of hydrogen-bond donors (Lipinski definition) is 1. The number of amides is 1. The molecule has 144 valence electrons. The number of sulfonamides is 1. The largest absolute Gasteiger partial charge is 0.326 e. The molecule has 0 bridgehead atoms. The first-order valence-corrected chi connectivity index (χ1v) is 9.98. The number of nitrogens with one attached hydrogen (secondary N) is 1. The molecule has 7 heteroatoms. The molecule has 0 saturated carbocycles. The highest BCUT2D eigenvalue weighted by atomic mass is 32.2. The van der Waals surface area contributed by atoms with Crippen LogP contribution in [0.25, 0.3) is 0 Å². The predicted molar refractivity (Wildman–Crippen MR) is 107 cm³/mol. The van der Waals surface area contributed by atoms with E-state index < -0.39 is 10.0 Å². The highest BCUT2D eigenvalue weighted by molar-refractivity contribution is 7.92. The van der Waals surface area contributed by atoms with Gasteiger partial charge in [0.05, 0.1) is 17.0 Å². The van der Waals surface area contributed by atoms with Crippen molar-refractivity contribution in [2.75, 3.05) is 16.7 Å². The molecule has 0 atom stereocenters.